The Balaban J connectivity index is 3.12. The molecule has 0 saturated carbocycles. The summed E-state index contributed by atoms with van der Waals surface area (Å²) in [6.45, 7) is 5.61. The number of rotatable bonds is 3. The SMILES string of the molecule is CCN(CC)C(=NC(=O)c1c(Cl)cccc1Cl)SC. The van der Waals surface area contributed by atoms with E-state index in [2.05, 4.69) is 4.99 Å². The number of aliphatic imine (C=N–C) groups is 1. The Morgan fingerprint density at radius 3 is 2.21 bits per heavy atom. The first kappa shape index (κ1) is 16.3. The number of amidine groups is 1. The summed E-state index contributed by atoms with van der Waals surface area (Å²) in [6, 6.07) is 4.96. The summed E-state index contributed by atoms with van der Waals surface area (Å²) in [5.41, 5.74) is 0.254. The Hall–Kier alpha value is -0.710. The number of nitrogens with zero attached hydrogens (tertiary/aromatic N) is 2. The fraction of sp³-hybridized carbons (Fsp3) is 0.385. The van der Waals surface area contributed by atoms with Crippen LogP contribution in [-0.4, -0.2) is 35.3 Å². The molecule has 104 valence electrons. The summed E-state index contributed by atoms with van der Waals surface area (Å²) in [5, 5.41) is 1.31. The van der Waals surface area contributed by atoms with Crippen LogP contribution in [0.15, 0.2) is 23.2 Å². The molecule has 1 rings (SSSR count). The highest BCUT2D eigenvalue weighted by Gasteiger charge is 2.16. The Morgan fingerprint density at radius 2 is 1.79 bits per heavy atom. The summed E-state index contributed by atoms with van der Waals surface area (Å²) in [5.74, 6) is -0.410. The zero-order valence-electron chi connectivity index (χ0n) is 11.1. The van der Waals surface area contributed by atoms with Crippen molar-refractivity contribution in [3.05, 3.63) is 33.8 Å². The summed E-state index contributed by atoms with van der Waals surface area (Å²) in [4.78, 5) is 18.3. The van der Waals surface area contributed by atoms with Crippen LogP contribution in [0.2, 0.25) is 10.0 Å². The molecule has 0 aliphatic carbocycles. The minimum Gasteiger partial charge on any atom is -0.352 e. The minimum atomic E-state index is -0.410. The average Bonchev–Trinajstić information content (AvgIpc) is 2.38. The molecule has 0 aliphatic rings. The lowest BCUT2D eigenvalue weighted by Crippen LogP contribution is -2.29. The maximum Gasteiger partial charge on any atom is 0.282 e. The van der Waals surface area contributed by atoms with Crippen molar-refractivity contribution in [2.24, 2.45) is 4.99 Å². The first-order chi connectivity index (χ1) is 9.04. The van der Waals surface area contributed by atoms with Gasteiger partial charge in [0.15, 0.2) is 5.17 Å². The van der Waals surface area contributed by atoms with Crippen LogP contribution >= 0.6 is 35.0 Å². The maximum absolute atomic E-state index is 12.2. The standard InChI is InChI=1S/C13H16Cl2N2OS/c1-4-17(5-2)13(19-3)16-12(18)11-9(14)7-6-8-10(11)15/h6-8H,4-5H2,1-3H3. The van der Waals surface area contributed by atoms with E-state index in [1.807, 2.05) is 25.0 Å². The van der Waals surface area contributed by atoms with Crippen molar-refractivity contribution in [2.75, 3.05) is 19.3 Å². The first-order valence-corrected chi connectivity index (χ1v) is 7.89. The third kappa shape index (κ3) is 4.13. The van der Waals surface area contributed by atoms with Crippen LogP contribution in [-0.2, 0) is 0 Å². The highest BCUT2D eigenvalue weighted by atomic mass is 35.5. The molecule has 0 fully saturated rings. The highest BCUT2D eigenvalue weighted by molar-refractivity contribution is 8.13. The molecule has 0 aliphatic heterocycles. The quantitative estimate of drug-likeness (QED) is 0.618. The van der Waals surface area contributed by atoms with Crippen LogP contribution in [0.4, 0.5) is 0 Å². The molecule has 0 atom stereocenters. The first-order valence-electron chi connectivity index (χ1n) is 5.91. The molecule has 0 heterocycles. The van der Waals surface area contributed by atoms with Gasteiger partial charge in [-0.25, -0.2) is 0 Å². The van der Waals surface area contributed by atoms with Crippen LogP contribution in [0, 0.1) is 0 Å². The van der Waals surface area contributed by atoms with Crippen molar-refractivity contribution in [3.63, 3.8) is 0 Å². The van der Waals surface area contributed by atoms with Gasteiger partial charge in [-0.2, -0.15) is 4.99 Å². The van der Waals surface area contributed by atoms with Gasteiger partial charge in [0, 0.05) is 13.1 Å². The van der Waals surface area contributed by atoms with Crippen LogP contribution in [0.25, 0.3) is 0 Å². The molecular formula is C13H16Cl2N2OS. The fourth-order valence-corrected chi connectivity index (χ4v) is 2.83. The van der Waals surface area contributed by atoms with Gasteiger partial charge in [0.25, 0.3) is 5.91 Å². The van der Waals surface area contributed by atoms with Gasteiger partial charge < -0.3 is 4.90 Å². The van der Waals surface area contributed by atoms with Crippen molar-refractivity contribution >= 4 is 46.0 Å². The van der Waals surface area contributed by atoms with E-state index >= 15 is 0 Å². The van der Waals surface area contributed by atoms with Crippen molar-refractivity contribution in [1.29, 1.82) is 0 Å². The molecule has 3 nitrogen and oxygen atoms in total. The zero-order chi connectivity index (χ0) is 14.4. The second-order valence-corrected chi connectivity index (χ2v) is 5.26. The number of hydrogen-bond acceptors (Lipinski definition) is 2. The van der Waals surface area contributed by atoms with Gasteiger partial charge in [-0.15, -0.1) is 0 Å². The normalized spacial score (nSPS) is 11.5. The molecule has 1 amide bonds. The second kappa shape index (κ2) is 7.78. The minimum absolute atomic E-state index is 0.254. The van der Waals surface area contributed by atoms with E-state index in [4.69, 9.17) is 23.2 Å². The van der Waals surface area contributed by atoms with Gasteiger partial charge >= 0.3 is 0 Å². The molecule has 6 heteroatoms. The largest absolute Gasteiger partial charge is 0.352 e. The third-order valence-electron chi connectivity index (χ3n) is 2.59. The van der Waals surface area contributed by atoms with Gasteiger partial charge in [0.1, 0.15) is 0 Å². The molecule has 0 aromatic heterocycles. The number of carbonyl (C=O) groups excluding carboxylic acids is 1. The van der Waals surface area contributed by atoms with Crippen molar-refractivity contribution in [1.82, 2.24) is 4.90 Å². The Labute approximate surface area is 128 Å². The van der Waals surface area contributed by atoms with E-state index in [-0.39, 0.29) is 5.56 Å². The summed E-state index contributed by atoms with van der Waals surface area (Å²) in [6.07, 6.45) is 1.89. The van der Waals surface area contributed by atoms with E-state index in [0.717, 1.165) is 13.1 Å². The Bertz CT molecular complexity index is 467. The van der Waals surface area contributed by atoms with E-state index in [9.17, 15) is 4.79 Å². The average molecular weight is 319 g/mol. The molecule has 0 N–H and O–H groups in total. The fourth-order valence-electron chi connectivity index (χ4n) is 1.58. The van der Waals surface area contributed by atoms with Gasteiger partial charge in [-0.1, -0.05) is 41.0 Å². The molecule has 0 saturated heterocycles. The number of hydrogen-bond donors (Lipinski definition) is 0. The third-order valence-corrected chi connectivity index (χ3v) is 3.93. The molecule has 0 bridgehead atoms. The highest BCUT2D eigenvalue weighted by Crippen LogP contribution is 2.25. The van der Waals surface area contributed by atoms with Gasteiger partial charge in [0.05, 0.1) is 15.6 Å². The van der Waals surface area contributed by atoms with Crippen LogP contribution in [0.5, 0.6) is 0 Å². The van der Waals surface area contributed by atoms with Crippen LogP contribution in [0.1, 0.15) is 24.2 Å². The van der Waals surface area contributed by atoms with Crippen LogP contribution in [0.3, 0.4) is 0 Å². The number of thioether (sulfide) groups is 1. The number of benzene rings is 1. The molecule has 1 aromatic rings. The Kier molecular flexibility index (Phi) is 6.69. The predicted molar refractivity (Wildman–Crippen MR) is 84.7 cm³/mol. The summed E-state index contributed by atoms with van der Waals surface area (Å²) >= 11 is 13.4. The summed E-state index contributed by atoms with van der Waals surface area (Å²) in [7, 11) is 0. The lowest BCUT2D eigenvalue weighted by molar-refractivity contribution is 0.100. The maximum atomic E-state index is 12.2. The monoisotopic (exact) mass is 318 g/mol. The predicted octanol–water partition coefficient (Wildman–Crippen LogP) is 4.19. The topological polar surface area (TPSA) is 32.7 Å². The van der Waals surface area contributed by atoms with E-state index < -0.39 is 5.91 Å². The molecule has 0 unspecified atom stereocenters. The van der Waals surface area contributed by atoms with E-state index in [1.54, 1.807) is 18.2 Å². The lowest BCUT2D eigenvalue weighted by atomic mass is 10.2. The van der Waals surface area contributed by atoms with Gasteiger partial charge in [-0.05, 0) is 32.2 Å². The van der Waals surface area contributed by atoms with Crippen LogP contribution < -0.4 is 0 Å². The van der Waals surface area contributed by atoms with Crippen molar-refractivity contribution in [3.8, 4) is 0 Å². The molecule has 0 radical (unpaired) electrons. The van der Waals surface area contributed by atoms with Crippen molar-refractivity contribution in [2.45, 2.75) is 13.8 Å². The second-order valence-electron chi connectivity index (χ2n) is 3.67. The smallest absolute Gasteiger partial charge is 0.282 e. The van der Waals surface area contributed by atoms with Gasteiger partial charge in [0.2, 0.25) is 0 Å². The number of halogens is 2. The molecular weight excluding hydrogens is 303 g/mol. The van der Waals surface area contributed by atoms with Gasteiger partial charge in [-0.3, -0.25) is 4.79 Å². The molecule has 1 aromatic carbocycles. The lowest BCUT2D eigenvalue weighted by Gasteiger charge is -2.20. The molecule has 0 spiro atoms. The summed E-state index contributed by atoms with van der Waals surface area (Å²) < 4.78 is 0. The zero-order valence-corrected chi connectivity index (χ0v) is 13.4. The van der Waals surface area contributed by atoms with Crippen molar-refractivity contribution < 1.29 is 4.79 Å². The van der Waals surface area contributed by atoms with E-state index in [0.29, 0.717) is 15.2 Å². The number of amides is 1. The Morgan fingerprint density at radius 1 is 1.26 bits per heavy atom. The van der Waals surface area contributed by atoms with E-state index in [1.165, 1.54) is 11.8 Å². The molecule has 19 heavy (non-hydrogen) atoms. The number of carbonyl (C=O) groups is 1.